The predicted molar refractivity (Wildman–Crippen MR) is 103 cm³/mol. The maximum Gasteiger partial charge on any atom is 0.0396 e. The molecule has 3 N–H and O–H groups in total. The number of nitrogens with one attached hydrogen (secondary N) is 1. The van der Waals surface area contributed by atoms with Crippen molar-refractivity contribution in [1.82, 2.24) is 4.98 Å². The Kier molecular flexibility index (Phi) is 3.96. The summed E-state index contributed by atoms with van der Waals surface area (Å²) in [5.41, 5.74) is 13.1. The molecule has 2 aliphatic carbocycles. The lowest BCUT2D eigenvalue weighted by Gasteiger charge is -2.25. The van der Waals surface area contributed by atoms with Gasteiger partial charge in [-0.15, -0.1) is 0 Å². The van der Waals surface area contributed by atoms with Crippen LogP contribution < -0.4 is 5.73 Å². The summed E-state index contributed by atoms with van der Waals surface area (Å²) in [4.78, 5) is 2.86. The fourth-order valence-corrected chi connectivity index (χ4v) is 3.80. The maximum absolute atomic E-state index is 6.21. The monoisotopic (exact) mass is 314 g/mol. The Hall–Kier alpha value is -2.74. The zero-order valence-corrected chi connectivity index (χ0v) is 13.8. The van der Waals surface area contributed by atoms with E-state index in [2.05, 4.69) is 35.3 Å². The van der Waals surface area contributed by atoms with Crippen LogP contribution in [-0.2, 0) is 6.42 Å². The molecule has 24 heavy (non-hydrogen) atoms. The number of hydrogen-bond acceptors (Lipinski definition) is 1. The van der Waals surface area contributed by atoms with E-state index in [9.17, 15) is 0 Å². The fourth-order valence-electron chi connectivity index (χ4n) is 3.80. The second-order valence-corrected chi connectivity index (χ2v) is 6.38. The molecule has 0 radical (unpaired) electrons. The lowest BCUT2D eigenvalue weighted by Crippen LogP contribution is -2.07. The molecule has 2 heteroatoms. The van der Waals surface area contributed by atoms with Crippen molar-refractivity contribution in [2.75, 3.05) is 5.73 Å². The van der Waals surface area contributed by atoms with Crippen LogP contribution in [0.15, 0.2) is 72.6 Å². The summed E-state index contributed by atoms with van der Waals surface area (Å²) >= 11 is 0. The molecule has 0 amide bonds. The topological polar surface area (TPSA) is 41.8 Å². The van der Waals surface area contributed by atoms with Crippen LogP contribution in [0, 0.1) is 0 Å². The smallest absolute Gasteiger partial charge is 0.0396 e. The molecule has 1 heterocycles. The Morgan fingerprint density at radius 1 is 0.875 bits per heavy atom. The van der Waals surface area contributed by atoms with Crippen molar-refractivity contribution in [2.24, 2.45) is 0 Å². The number of aromatic amines is 1. The van der Waals surface area contributed by atoms with Crippen molar-refractivity contribution in [3.63, 3.8) is 0 Å². The van der Waals surface area contributed by atoms with Gasteiger partial charge in [-0.05, 0) is 66.0 Å². The molecular weight excluding hydrogens is 292 g/mol. The van der Waals surface area contributed by atoms with E-state index in [1.54, 1.807) is 5.57 Å². The quantitative estimate of drug-likeness (QED) is 0.530. The van der Waals surface area contributed by atoms with Gasteiger partial charge in [0, 0.05) is 23.5 Å². The van der Waals surface area contributed by atoms with Gasteiger partial charge in [0.15, 0.2) is 0 Å². The van der Waals surface area contributed by atoms with E-state index in [1.807, 2.05) is 36.7 Å². The van der Waals surface area contributed by atoms with Gasteiger partial charge in [-0.1, -0.05) is 42.0 Å². The van der Waals surface area contributed by atoms with Crippen molar-refractivity contribution in [3.8, 4) is 0 Å². The molecule has 2 aromatic carbocycles. The lowest BCUT2D eigenvalue weighted by atomic mass is 9.79. The third kappa shape index (κ3) is 2.65. The standard InChI is InChI=1S/C18H17N.C4H5N/c19-17-7-3-5-13-9-10-15-14-6-2-1-4-12(14)8-11-16(15)18(13)17;1-2-4-5-3-1/h2-3,5-7,9-10H,1,4,8,11,19H2;1-5H. The minimum atomic E-state index is 0.915. The average Bonchev–Trinajstić information content (AvgIpc) is 3.21. The SMILES string of the molecule is Nc1cccc2ccc3c(c12)CCC1=C3C=CCC1.c1cc[nH]c1. The van der Waals surface area contributed by atoms with Crippen LogP contribution in [0.3, 0.4) is 0 Å². The summed E-state index contributed by atoms with van der Waals surface area (Å²) in [5, 5.41) is 2.54. The average molecular weight is 314 g/mol. The van der Waals surface area contributed by atoms with Crippen molar-refractivity contribution in [2.45, 2.75) is 25.7 Å². The van der Waals surface area contributed by atoms with Gasteiger partial charge in [-0.25, -0.2) is 0 Å². The van der Waals surface area contributed by atoms with Crippen molar-refractivity contribution in [1.29, 1.82) is 0 Å². The van der Waals surface area contributed by atoms with Crippen molar-refractivity contribution >= 4 is 22.0 Å². The third-order valence-electron chi connectivity index (χ3n) is 4.93. The van der Waals surface area contributed by atoms with Gasteiger partial charge in [0.05, 0.1) is 0 Å². The van der Waals surface area contributed by atoms with Gasteiger partial charge in [0.25, 0.3) is 0 Å². The van der Waals surface area contributed by atoms with E-state index >= 15 is 0 Å². The van der Waals surface area contributed by atoms with Gasteiger partial charge < -0.3 is 10.7 Å². The minimum absolute atomic E-state index is 0.915. The molecule has 0 bridgehead atoms. The molecule has 0 saturated carbocycles. The number of H-pyrrole nitrogens is 1. The lowest BCUT2D eigenvalue weighted by molar-refractivity contribution is 0.831. The van der Waals surface area contributed by atoms with E-state index in [0.717, 1.165) is 12.1 Å². The predicted octanol–water partition coefficient (Wildman–Crippen LogP) is 5.49. The molecule has 0 unspecified atom stereocenters. The van der Waals surface area contributed by atoms with Crippen LogP contribution in [0.5, 0.6) is 0 Å². The number of aryl methyl sites for hydroxylation is 1. The van der Waals surface area contributed by atoms with Gasteiger partial charge in [0.1, 0.15) is 0 Å². The Morgan fingerprint density at radius 3 is 2.54 bits per heavy atom. The molecule has 2 nitrogen and oxygen atoms in total. The molecule has 3 aromatic rings. The van der Waals surface area contributed by atoms with Crippen LogP contribution in [0.2, 0.25) is 0 Å². The summed E-state index contributed by atoms with van der Waals surface area (Å²) in [5.74, 6) is 0. The van der Waals surface area contributed by atoms with E-state index in [-0.39, 0.29) is 0 Å². The summed E-state index contributed by atoms with van der Waals surface area (Å²) in [6.07, 6.45) is 13.1. The van der Waals surface area contributed by atoms with Crippen molar-refractivity contribution < 1.29 is 0 Å². The molecule has 2 aliphatic rings. The Labute approximate surface area is 142 Å². The number of anilines is 1. The van der Waals surface area contributed by atoms with E-state index in [0.29, 0.717) is 0 Å². The molecule has 0 fully saturated rings. The molecule has 5 rings (SSSR count). The molecule has 120 valence electrons. The first-order valence-corrected chi connectivity index (χ1v) is 8.61. The first-order valence-electron chi connectivity index (χ1n) is 8.61. The Morgan fingerprint density at radius 2 is 1.75 bits per heavy atom. The van der Waals surface area contributed by atoms with Gasteiger partial charge in [-0.2, -0.15) is 0 Å². The number of benzene rings is 2. The molecule has 0 aliphatic heterocycles. The summed E-state index contributed by atoms with van der Waals surface area (Å²) in [6.45, 7) is 0. The van der Waals surface area contributed by atoms with Crippen molar-refractivity contribution in [3.05, 3.63) is 83.7 Å². The van der Waals surface area contributed by atoms with Crippen LogP contribution in [0.1, 0.15) is 30.4 Å². The maximum atomic E-state index is 6.21. The van der Waals surface area contributed by atoms with Gasteiger partial charge in [-0.3, -0.25) is 0 Å². The number of nitrogen functional groups attached to an aromatic ring is 1. The van der Waals surface area contributed by atoms with Crippen LogP contribution in [-0.4, -0.2) is 4.98 Å². The number of hydrogen-bond donors (Lipinski definition) is 2. The van der Waals surface area contributed by atoms with E-state index in [1.165, 1.54) is 46.7 Å². The Balaban J connectivity index is 0.000000252. The highest BCUT2D eigenvalue weighted by Gasteiger charge is 2.21. The first-order chi connectivity index (χ1) is 11.8. The number of nitrogens with two attached hydrogens (primary N) is 1. The summed E-state index contributed by atoms with van der Waals surface area (Å²) in [7, 11) is 0. The summed E-state index contributed by atoms with van der Waals surface area (Å²) < 4.78 is 0. The number of fused-ring (bicyclic) bond motifs is 4. The van der Waals surface area contributed by atoms with Crippen LogP contribution >= 0.6 is 0 Å². The second-order valence-electron chi connectivity index (χ2n) is 6.38. The highest BCUT2D eigenvalue weighted by atomic mass is 14.6. The number of rotatable bonds is 0. The fraction of sp³-hybridized carbons (Fsp3) is 0.182. The second kappa shape index (κ2) is 6.40. The van der Waals surface area contributed by atoms with Crippen LogP contribution in [0.4, 0.5) is 5.69 Å². The molecule has 0 saturated heterocycles. The highest BCUT2D eigenvalue weighted by Crippen LogP contribution is 2.41. The summed E-state index contributed by atoms with van der Waals surface area (Å²) in [6, 6.07) is 14.6. The molecule has 0 atom stereocenters. The first kappa shape index (κ1) is 14.8. The Bertz CT molecular complexity index is 897. The third-order valence-corrected chi connectivity index (χ3v) is 4.93. The number of aromatic nitrogens is 1. The normalized spacial score (nSPS) is 15.5. The van der Waals surface area contributed by atoms with Crippen LogP contribution in [0.25, 0.3) is 16.3 Å². The molecule has 0 spiro atoms. The van der Waals surface area contributed by atoms with Gasteiger partial charge >= 0.3 is 0 Å². The van der Waals surface area contributed by atoms with E-state index < -0.39 is 0 Å². The zero-order chi connectivity index (χ0) is 16.4. The zero-order valence-electron chi connectivity index (χ0n) is 13.8. The molecule has 1 aromatic heterocycles. The largest absolute Gasteiger partial charge is 0.398 e. The number of allylic oxidation sites excluding steroid dienone is 4. The van der Waals surface area contributed by atoms with E-state index in [4.69, 9.17) is 5.73 Å². The molecular formula is C22H22N2. The van der Waals surface area contributed by atoms with Gasteiger partial charge in [0.2, 0.25) is 0 Å². The highest BCUT2D eigenvalue weighted by molar-refractivity contribution is 6.00. The minimum Gasteiger partial charge on any atom is -0.398 e.